The van der Waals surface area contributed by atoms with E-state index in [9.17, 15) is 21.6 Å². The van der Waals surface area contributed by atoms with Crippen LogP contribution >= 0.6 is 0 Å². The zero-order chi connectivity index (χ0) is 23.5. The molecule has 3 saturated heterocycles. The van der Waals surface area contributed by atoms with Crippen LogP contribution in [0.15, 0.2) is 24.3 Å². The van der Waals surface area contributed by atoms with E-state index in [0.29, 0.717) is 45.0 Å². The van der Waals surface area contributed by atoms with E-state index < -0.39 is 31.3 Å². The molecule has 2 unspecified atom stereocenters. The van der Waals surface area contributed by atoms with Gasteiger partial charge in [-0.25, -0.2) is 21.1 Å². The number of hydrogen-bond donors (Lipinski definition) is 2. The van der Waals surface area contributed by atoms with Gasteiger partial charge in [0, 0.05) is 39.3 Å². The molecule has 10 nitrogen and oxygen atoms in total. The number of carbonyl (C=O) groups excluding carboxylic acids is 1. The number of ether oxygens (including phenoxy) is 1. The van der Waals surface area contributed by atoms with E-state index in [-0.39, 0.29) is 31.2 Å². The molecule has 1 aromatic rings. The number of nitrogens with one attached hydrogen (secondary N) is 2. The van der Waals surface area contributed by atoms with Gasteiger partial charge < -0.3 is 15.4 Å². The maximum absolute atomic E-state index is 12.8. The van der Waals surface area contributed by atoms with Crippen LogP contribution in [-0.2, 0) is 41.9 Å². The lowest BCUT2D eigenvalue weighted by atomic mass is 10.1. The van der Waals surface area contributed by atoms with Crippen molar-refractivity contribution in [2.45, 2.75) is 42.9 Å². The second-order valence-electron chi connectivity index (χ2n) is 8.72. The summed E-state index contributed by atoms with van der Waals surface area (Å²) in [7, 11) is -6.89. The van der Waals surface area contributed by atoms with Gasteiger partial charge in [-0.1, -0.05) is 24.3 Å². The summed E-state index contributed by atoms with van der Waals surface area (Å²) < 4.78 is 59.4. The quantitative estimate of drug-likeness (QED) is 0.499. The van der Waals surface area contributed by atoms with E-state index in [1.807, 2.05) is 0 Å². The van der Waals surface area contributed by atoms with E-state index in [1.165, 1.54) is 8.61 Å². The number of sulfonamides is 2. The Morgan fingerprint density at radius 3 is 2.36 bits per heavy atom. The van der Waals surface area contributed by atoms with Crippen molar-refractivity contribution in [2.75, 3.05) is 45.9 Å². The van der Waals surface area contributed by atoms with Crippen LogP contribution in [0.2, 0.25) is 0 Å². The number of hydrogen-bond acceptors (Lipinski definition) is 7. The molecule has 0 aromatic heterocycles. The second-order valence-corrected chi connectivity index (χ2v) is 12.9. The zero-order valence-electron chi connectivity index (χ0n) is 18.6. The first kappa shape index (κ1) is 24.6. The Balaban J connectivity index is 1.34. The van der Waals surface area contributed by atoms with Crippen molar-refractivity contribution >= 4 is 26.0 Å². The molecule has 0 saturated carbocycles. The van der Waals surface area contributed by atoms with E-state index in [0.717, 1.165) is 18.4 Å². The number of rotatable bonds is 8. The Labute approximate surface area is 195 Å². The molecular weight excluding hydrogens is 468 g/mol. The third kappa shape index (κ3) is 5.75. The van der Waals surface area contributed by atoms with Gasteiger partial charge in [-0.15, -0.1) is 0 Å². The molecule has 1 aromatic carbocycles. The topological polar surface area (TPSA) is 125 Å². The molecule has 3 fully saturated rings. The van der Waals surface area contributed by atoms with Gasteiger partial charge in [0.2, 0.25) is 26.0 Å². The van der Waals surface area contributed by atoms with Crippen LogP contribution in [0.5, 0.6) is 0 Å². The number of carbonyl (C=O) groups is 1. The van der Waals surface area contributed by atoms with Gasteiger partial charge in [-0.3, -0.25) is 4.79 Å². The van der Waals surface area contributed by atoms with Crippen molar-refractivity contribution in [3.8, 4) is 0 Å². The first-order chi connectivity index (χ1) is 15.8. The molecule has 0 bridgehead atoms. The van der Waals surface area contributed by atoms with Gasteiger partial charge in [-0.2, -0.15) is 4.31 Å². The van der Waals surface area contributed by atoms with Gasteiger partial charge in [0.25, 0.3) is 0 Å². The van der Waals surface area contributed by atoms with Crippen LogP contribution in [0.25, 0.3) is 0 Å². The van der Waals surface area contributed by atoms with Crippen LogP contribution in [-0.4, -0.2) is 88.6 Å². The van der Waals surface area contributed by atoms with Crippen LogP contribution in [0, 0.1) is 0 Å². The van der Waals surface area contributed by atoms with Gasteiger partial charge in [0.05, 0.1) is 30.3 Å². The van der Waals surface area contributed by atoms with Crippen molar-refractivity contribution in [3.05, 3.63) is 35.4 Å². The van der Waals surface area contributed by atoms with Gasteiger partial charge in [0.15, 0.2) is 0 Å². The summed E-state index contributed by atoms with van der Waals surface area (Å²) in [6.07, 6.45) is 1.99. The number of benzene rings is 1. The van der Waals surface area contributed by atoms with Crippen LogP contribution in [0.4, 0.5) is 0 Å². The first-order valence-corrected chi connectivity index (χ1v) is 14.5. The highest BCUT2D eigenvalue weighted by molar-refractivity contribution is 7.89. The summed E-state index contributed by atoms with van der Waals surface area (Å²) in [6.45, 7) is 3.01. The molecule has 2 atom stereocenters. The highest BCUT2D eigenvalue weighted by atomic mass is 32.2. The van der Waals surface area contributed by atoms with Crippen LogP contribution in [0.1, 0.15) is 30.4 Å². The average Bonchev–Trinajstić information content (AvgIpc) is 3.52. The summed E-state index contributed by atoms with van der Waals surface area (Å²) in [4.78, 5) is 12.7. The summed E-state index contributed by atoms with van der Waals surface area (Å²) in [5.41, 5.74) is 1.36. The molecule has 1 amide bonds. The normalized spacial score (nSPS) is 25.3. The lowest BCUT2D eigenvalue weighted by molar-refractivity contribution is -0.122. The van der Waals surface area contributed by atoms with E-state index in [4.69, 9.17) is 4.74 Å². The minimum Gasteiger partial charge on any atom is -0.379 e. The zero-order valence-corrected chi connectivity index (χ0v) is 20.2. The molecule has 184 valence electrons. The largest absolute Gasteiger partial charge is 0.379 e. The number of amides is 1. The lowest BCUT2D eigenvalue weighted by Gasteiger charge is -2.26. The Kier molecular flexibility index (Phi) is 7.71. The fourth-order valence-corrected chi connectivity index (χ4v) is 8.07. The van der Waals surface area contributed by atoms with Crippen molar-refractivity contribution in [3.63, 3.8) is 0 Å². The maximum Gasteiger partial charge on any atom is 0.237 e. The summed E-state index contributed by atoms with van der Waals surface area (Å²) >= 11 is 0. The second kappa shape index (κ2) is 10.4. The molecule has 3 heterocycles. The predicted molar refractivity (Wildman–Crippen MR) is 123 cm³/mol. The van der Waals surface area contributed by atoms with E-state index in [2.05, 4.69) is 10.6 Å². The van der Waals surface area contributed by atoms with Crippen molar-refractivity contribution in [1.29, 1.82) is 0 Å². The summed E-state index contributed by atoms with van der Waals surface area (Å²) in [6, 6.07) is 6.55. The van der Waals surface area contributed by atoms with Gasteiger partial charge in [0.1, 0.15) is 0 Å². The highest BCUT2D eigenvalue weighted by Gasteiger charge is 2.40. The molecule has 4 rings (SSSR count). The fourth-order valence-electron chi connectivity index (χ4n) is 4.57. The average molecular weight is 501 g/mol. The fraction of sp³-hybridized carbons (Fsp3) is 0.667. The van der Waals surface area contributed by atoms with Crippen LogP contribution in [0.3, 0.4) is 0 Å². The van der Waals surface area contributed by atoms with E-state index in [1.54, 1.807) is 24.3 Å². The smallest absolute Gasteiger partial charge is 0.237 e. The third-order valence-electron chi connectivity index (χ3n) is 6.53. The molecular formula is C21H32N4O6S2. The molecule has 12 heteroatoms. The van der Waals surface area contributed by atoms with Gasteiger partial charge >= 0.3 is 0 Å². The molecule has 3 aliphatic heterocycles. The van der Waals surface area contributed by atoms with Gasteiger partial charge in [-0.05, 0) is 30.4 Å². The lowest BCUT2D eigenvalue weighted by Crippen LogP contribution is -2.41. The number of morpholine rings is 1. The molecule has 0 spiro atoms. The minimum atomic E-state index is -3.49. The predicted octanol–water partition coefficient (Wildman–Crippen LogP) is -0.379. The summed E-state index contributed by atoms with van der Waals surface area (Å²) in [5, 5.41) is 5.29. The molecule has 0 aliphatic carbocycles. The Morgan fingerprint density at radius 2 is 1.67 bits per heavy atom. The van der Waals surface area contributed by atoms with Crippen molar-refractivity contribution in [2.24, 2.45) is 0 Å². The number of nitrogens with zero attached hydrogens (tertiary/aromatic N) is 2. The first-order valence-electron chi connectivity index (χ1n) is 11.4. The summed E-state index contributed by atoms with van der Waals surface area (Å²) in [5.74, 6) is -0.420. The SMILES string of the molecule is O=C(NCc1ccccc1CS(=O)(=O)N1CCOCC1)C1CC(S(=O)(=O)N2CCCC2)CN1. The standard InChI is InChI=1S/C21H32N4O6S2/c26-21(20-13-19(15-22-20)33(29,30)25-7-3-4-8-25)23-14-17-5-1-2-6-18(17)16-32(27,28)24-9-11-31-12-10-24/h1-2,5-6,19-20,22H,3-4,7-16H2,(H,23,26). The Hall–Kier alpha value is -1.57. The minimum absolute atomic E-state index is 0.142. The van der Waals surface area contributed by atoms with Crippen molar-refractivity contribution < 1.29 is 26.4 Å². The Bertz CT molecular complexity index is 1050. The molecule has 0 radical (unpaired) electrons. The maximum atomic E-state index is 12.8. The molecule has 3 aliphatic rings. The third-order valence-corrected chi connectivity index (χ3v) is 10.6. The Morgan fingerprint density at radius 1 is 1.00 bits per heavy atom. The molecule has 33 heavy (non-hydrogen) atoms. The van der Waals surface area contributed by atoms with E-state index >= 15 is 0 Å². The monoisotopic (exact) mass is 500 g/mol. The van der Waals surface area contributed by atoms with Crippen molar-refractivity contribution in [1.82, 2.24) is 19.2 Å². The highest BCUT2D eigenvalue weighted by Crippen LogP contribution is 2.23. The molecule has 2 N–H and O–H groups in total. The van der Waals surface area contributed by atoms with Crippen LogP contribution < -0.4 is 10.6 Å².